The fraction of sp³-hybridized carbons (Fsp3) is 0.759. The maximum absolute atomic E-state index is 13.6. The summed E-state index contributed by atoms with van der Waals surface area (Å²) in [5.74, 6) is -2.10. The molecule has 1 aromatic rings. The van der Waals surface area contributed by atoms with Crippen LogP contribution >= 0.6 is 0 Å². The zero-order valence-electron chi connectivity index (χ0n) is 22.9. The highest BCUT2D eigenvalue weighted by molar-refractivity contribution is 5.74. The van der Waals surface area contributed by atoms with Gasteiger partial charge in [0.25, 0.3) is 0 Å². The average Bonchev–Trinajstić information content (AvgIpc) is 2.87. The van der Waals surface area contributed by atoms with Crippen molar-refractivity contribution in [2.75, 3.05) is 46.5 Å². The number of amides is 2. The molecule has 210 valence electrons. The molecule has 1 aliphatic carbocycles. The number of ether oxygens (including phenoxy) is 2. The number of nitrogens with one attached hydrogen (secondary N) is 2. The quantitative estimate of drug-likeness (QED) is 0.326. The molecule has 1 heterocycles. The van der Waals surface area contributed by atoms with Crippen LogP contribution in [0.1, 0.15) is 75.5 Å². The minimum atomic E-state index is -2.53. The van der Waals surface area contributed by atoms with Crippen LogP contribution in [0, 0.1) is 18.8 Å². The first-order valence-electron chi connectivity index (χ1n) is 14.1. The monoisotopic (exact) mass is 523 g/mol. The van der Waals surface area contributed by atoms with E-state index in [4.69, 9.17) is 9.47 Å². The Kier molecular flexibility index (Phi) is 12.1. The normalized spacial score (nSPS) is 22.0. The lowest BCUT2D eigenvalue weighted by Gasteiger charge is -2.38. The van der Waals surface area contributed by atoms with Gasteiger partial charge in [0.05, 0.1) is 6.10 Å². The number of urea groups is 1. The third-order valence-corrected chi connectivity index (χ3v) is 7.71. The van der Waals surface area contributed by atoms with Crippen LogP contribution in [0.3, 0.4) is 0 Å². The Morgan fingerprint density at radius 3 is 2.70 bits per heavy atom. The number of rotatable bonds is 13. The standard InChI is InChI=1S/C29H47F2N3O3/c1-4-36-16-7-17-37-27(24-9-5-8-22(2)18-24)25-10-6-15-34(21-25)28(35)33-26(20-32-3)19-23-11-13-29(30,31)14-12-23/h5,8-9,18,23,25-27,32H,4,6-7,10-17,19-21H2,1-3H3,(H,33,35)/t25-,26+,27+/m1/s1. The summed E-state index contributed by atoms with van der Waals surface area (Å²) in [5, 5.41) is 6.37. The highest BCUT2D eigenvalue weighted by atomic mass is 19.3. The minimum Gasteiger partial charge on any atom is -0.382 e. The van der Waals surface area contributed by atoms with Gasteiger partial charge < -0.3 is 25.0 Å². The predicted octanol–water partition coefficient (Wildman–Crippen LogP) is 5.70. The van der Waals surface area contributed by atoms with Crippen LogP contribution in [0.15, 0.2) is 24.3 Å². The van der Waals surface area contributed by atoms with Crippen molar-refractivity contribution in [1.82, 2.24) is 15.5 Å². The van der Waals surface area contributed by atoms with Crippen molar-refractivity contribution < 1.29 is 23.0 Å². The van der Waals surface area contributed by atoms with Gasteiger partial charge in [0.15, 0.2) is 0 Å². The first-order valence-corrected chi connectivity index (χ1v) is 14.1. The second-order valence-electron chi connectivity index (χ2n) is 10.8. The number of halogens is 2. The predicted molar refractivity (Wildman–Crippen MR) is 143 cm³/mol. The molecule has 1 aliphatic heterocycles. The molecular weight excluding hydrogens is 476 g/mol. The number of likely N-dealkylation sites (N-methyl/N-ethyl adjacent to an activating group) is 1. The summed E-state index contributed by atoms with van der Waals surface area (Å²) in [6, 6.07) is 8.32. The molecule has 2 amide bonds. The van der Waals surface area contributed by atoms with Crippen LogP contribution in [0.2, 0.25) is 0 Å². The molecule has 1 saturated heterocycles. The molecule has 6 nitrogen and oxygen atoms in total. The number of carbonyl (C=O) groups is 1. The number of hydrogen-bond acceptors (Lipinski definition) is 4. The van der Waals surface area contributed by atoms with Crippen molar-refractivity contribution in [3.8, 4) is 0 Å². The number of piperidine rings is 1. The topological polar surface area (TPSA) is 62.8 Å². The third kappa shape index (κ3) is 9.80. The summed E-state index contributed by atoms with van der Waals surface area (Å²) >= 11 is 0. The number of alkyl halides is 2. The maximum Gasteiger partial charge on any atom is 0.317 e. The van der Waals surface area contributed by atoms with E-state index in [9.17, 15) is 13.6 Å². The van der Waals surface area contributed by atoms with E-state index in [0.29, 0.717) is 45.8 Å². The fourth-order valence-corrected chi connectivity index (χ4v) is 5.75. The molecule has 2 fully saturated rings. The zero-order chi connectivity index (χ0) is 26.7. The lowest BCUT2D eigenvalue weighted by molar-refractivity contribution is -0.0473. The van der Waals surface area contributed by atoms with E-state index in [1.807, 2.05) is 18.9 Å². The molecule has 1 saturated carbocycles. The maximum atomic E-state index is 13.6. The van der Waals surface area contributed by atoms with E-state index in [1.54, 1.807) is 0 Å². The summed E-state index contributed by atoms with van der Waals surface area (Å²) in [7, 11) is 1.86. The number of likely N-dealkylation sites (tertiary alicyclic amines) is 1. The molecular formula is C29H47F2N3O3. The lowest BCUT2D eigenvalue weighted by Crippen LogP contribution is -2.52. The summed E-state index contributed by atoms with van der Waals surface area (Å²) in [4.78, 5) is 15.2. The minimum absolute atomic E-state index is 0.0450. The third-order valence-electron chi connectivity index (χ3n) is 7.71. The Balaban J connectivity index is 1.60. The smallest absolute Gasteiger partial charge is 0.317 e. The molecule has 8 heteroatoms. The molecule has 2 N–H and O–H groups in total. The Bertz CT molecular complexity index is 815. The SMILES string of the molecule is CCOCCCO[C@@H](c1cccc(C)c1)[C@@H]1CCCN(C(=O)N[C@H](CNC)CC2CCC(F)(F)CC2)C1. The molecule has 0 bridgehead atoms. The Morgan fingerprint density at radius 2 is 2.00 bits per heavy atom. The number of nitrogens with zero attached hydrogens (tertiary/aromatic N) is 1. The van der Waals surface area contributed by atoms with Gasteiger partial charge in [-0.25, -0.2) is 13.6 Å². The van der Waals surface area contributed by atoms with Crippen molar-refractivity contribution in [2.45, 2.75) is 83.3 Å². The van der Waals surface area contributed by atoms with E-state index < -0.39 is 5.92 Å². The van der Waals surface area contributed by atoms with Gasteiger partial charge in [-0.05, 0) is 70.9 Å². The molecule has 3 atom stereocenters. The summed E-state index contributed by atoms with van der Waals surface area (Å²) < 4.78 is 39.1. The van der Waals surface area contributed by atoms with Crippen LogP contribution in [-0.2, 0) is 9.47 Å². The second kappa shape index (κ2) is 15.0. The van der Waals surface area contributed by atoms with Crippen molar-refractivity contribution in [2.24, 2.45) is 11.8 Å². The Morgan fingerprint density at radius 1 is 1.22 bits per heavy atom. The number of aryl methyl sites for hydroxylation is 1. The molecule has 0 aromatic heterocycles. The first kappa shape index (κ1) is 29.8. The van der Waals surface area contributed by atoms with Gasteiger partial charge in [-0.3, -0.25) is 0 Å². The molecule has 0 spiro atoms. The van der Waals surface area contributed by atoms with E-state index >= 15 is 0 Å². The molecule has 0 unspecified atom stereocenters. The van der Waals surface area contributed by atoms with Crippen LogP contribution in [0.4, 0.5) is 13.6 Å². The van der Waals surface area contributed by atoms with Gasteiger partial charge in [0.2, 0.25) is 5.92 Å². The number of benzene rings is 1. The molecule has 1 aromatic carbocycles. The van der Waals surface area contributed by atoms with Gasteiger partial charge in [-0.2, -0.15) is 0 Å². The molecule has 3 rings (SSSR count). The van der Waals surface area contributed by atoms with Gasteiger partial charge in [0.1, 0.15) is 0 Å². The fourth-order valence-electron chi connectivity index (χ4n) is 5.75. The summed E-state index contributed by atoms with van der Waals surface area (Å²) in [6.45, 7) is 8.07. The van der Waals surface area contributed by atoms with Crippen LogP contribution in [-0.4, -0.2) is 69.4 Å². The van der Waals surface area contributed by atoms with E-state index in [0.717, 1.165) is 37.8 Å². The number of hydrogen-bond donors (Lipinski definition) is 2. The van der Waals surface area contributed by atoms with Gasteiger partial charge in [0, 0.05) is 64.3 Å². The zero-order valence-corrected chi connectivity index (χ0v) is 22.9. The first-order chi connectivity index (χ1) is 17.8. The molecule has 37 heavy (non-hydrogen) atoms. The largest absolute Gasteiger partial charge is 0.382 e. The molecule has 0 radical (unpaired) electrons. The molecule has 2 aliphatic rings. The summed E-state index contributed by atoms with van der Waals surface area (Å²) in [5.41, 5.74) is 2.35. The van der Waals surface area contributed by atoms with Crippen molar-refractivity contribution >= 4 is 6.03 Å². The lowest BCUT2D eigenvalue weighted by atomic mass is 9.83. The van der Waals surface area contributed by atoms with Crippen LogP contribution in [0.25, 0.3) is 0 Å². The van der Waals surface area contributed by atoms with Crippen molar-refractivity contribution in [1.29, 1.82) is 0 Å². The van der Waals surface area contributed by atoms with Crippen LogP contribution < -0.4 is 10.6 Å². The Hall–Kier alpha value is -1.77. The van der Waals surface area contributed by atoms with E-state index in [2.05, 4.69) is 41.8 Å². The average molecular weight is 524 g/mol. The van der Waals surface area contributed by atoms with E-state index in [1.165, 1.54) is 5.56 Å². The highest BCUT2D eigenvalue weighted by Gasteiger charge is 2.36. The van der Waals surface area contributed by atoms with E-state index in [-0.39, 0.29) is 42.9 Å². The van der Waals surface area contributed by atoms with Gasteiger partial charge >= 0.3 is 6.03 Å². The van der Waals surface area contributed by atoms with Crippen LogP contribution in [0.5, 0.6) is 0 Å². The summed E-state index contributed by atoms with van der Waals surface area (Å²) in [6.07, 6.45) is 4.38. The van der Waals surface area contributed by atoms with Gasteiger partial charge in [-0.15, -0.1) is 0 Å². The van der Waals surface area contributed by atoms with Crippen molar-refractivity contribution in [3.63, 3.8) is 0 Å². The van der Waals surface area contributed by atoms with Gasteiger partial charge in [-0.1, -0.05) is 29.8 Å². The Labute approximate surface area is 221 Å². The van der Waals surface area contributed by atoms with Crippen molar-refractivity contribution in [3.05, 3.63) is 35.4 Å². The second-order valence-corrected chi connectivity index (χ2v) is 10.8. The number of carbonyl (C=O) groups excluding carboxylic acids is 1. The highest BCUT2D eigenvalue weighted by Crippen LogP contribution is 2.38.